The molecule has 2 unspecified atom stereocenters. The van der Waals surface area contributed by atoms with E-state index in [9.17, 15) is 14.4 Å². The fraction of sp³-hybridized carbons (Fsp3) is 0.875. The fourth-order valence-electron chi connectivity index (χ4n) is 3.97. The molecule has 7 nitrogen and oxygen atoms in total. The molecule has 0 aliphatic heterocycles. The lowest BCUT2D eigenvalue weighted by atomic mass is 9.81. The van der Waals surface area contributed by atoms with Crippen LogP contribution >= 0.6 is 0 Å². The van der Waals surface area contributed by atoms with Gasteiger partial charge in [0.25, 0.3) is 6.29 Å². The predicted molar refractivity (Wildman–Crippen MR) is 119 cm³/mol. The number of carboxylic acids is 1. The number of nitrogens with one attached hydrogen (secondary N) is 1. The Bertz CT molecular complexity index is 562. The molecule has 2 N–H and O–H groups in total. The highest BCUT2D eigenvalue weighted by Crippen LogP contribution is 2.30. The Labute approximate surface area is 187 Å². The van der Waals surface area contributed by atoms with Crippen LogP contribution in [0, 0.1) is 23.7 Å². The topological polar surface area (TPSA) is 102 Å². The van der Waals surface area contributed by atoms with Gasteiger partial charge in [-0.25, -0.2) is 4.79 Å². The number of hydrogen-bond donors (Lipinski definition) is 2. The lowest BCUT2D eigenvalue weighted by Gasteiger charge is -2.31. The van der Waals surface area contributed by atoms with E-state index in [0.29, 0.717) is 11.8 Å². The number of unbranched alkanes of at least 4 members (excludes halogenated alkanes) is 1. The van der Waals surface area contributed by atoms with E-state index < -0.39 is 18.4 Å². The van der Waals surface area contributed by atoms with Gasteiger partial charge in [0.15, 0.2) is 0 Å². The van der Waals surface area contributed by atoms with Crippen molar-refractivity contribution in [3.05, 3.63) is 0 Å². The standard InChI is InChI=1S/C24H43NO6/c1-16(2)22(28)30-23(17(3)4)31-24(29)25-20-11-8-10-19(15-20)14-13-18(5)9-6-7-12-21(26)27/h16-20,23H,6-15H2,1-5H3,(H,25,29)(H,26,27)/t18-,19?,20?,23-/m1/s1. The average molecular weight is 442 g/mol. The third kappa shape index (κ3) is 12.0. The SMILES string of the molecule is CC(C)C(=O)O[C@H](OC(=O)NC1CCCC(CC[C@H](C)CCCCC(=O)O)C1)C(C)C. The smallest absolute Gasteiger partial charge is 0.410 e. The van der Waals surface area contributed by atoms with E-state index in [-0.39, 0.29) is 30.3 Å². The number of alkyl carbamates (subject to hydrolysis) is 1. The minimum absolute atomic E-state index is 0.0886. The Morgan fingerprint density at radius 3 is 2.32 bits per heavy atom. The first-order valence-corrected chi connectivity index (χ1v) is 12.0. The van der Waals surface area contributed by atoms with Gasteiger partial charge in [0.05, 0.1) is 5.92 Å². The van der Waals surface area contributed by atoms with Gasteiger partial charge in [-0.15, -0.1) is 0 Å². The van der Waals surface area contributed by atoms with Crippen LogP contribution in [0.15, 0.2) is 0 Å². The summed E-state index contributed by atoms with van der Waals surface area (Å²) >= 11 is 0. The van der Waals surface area contributed by atoms with Crippen LogP contribution in [0.5, 0.6) is 0 Å². The van der Waals surface area contributed by atoms with E-state index in [4.69, 9.17) is 14.6 Å². The number of amides is 1. The van der Waals surface area contributed by atoms with Crippen molar-refractivity contribution in [3.8, 4) is 0 Å². The van der Waals surface area contributed by atoms with Gasteiger partial charge in [0.2, 0.25) is 0 Å². The largest absolute Gasteiger partial charge is 0.481 e. The number of hydrogen-bond acceptors (Lipinski definition) is 5. The van der Waals surface area contributed by atoms with Crippen molar-refractivity contribution in [3.63, 3.8) is 0 Å². The van der Waals surface area contributed by atoms with E-state index in [2.05, 4.69) is 12.2 Å². The van der Waals surface area contributed by atoms with E-state index in [1.54, 1.807) is 13.8 Å². The molecule has 0 heterocycles. The second-order valence-corrected chi connectivity index (χ2v) is 9.81. The number of carboxylic acid groups (broad SMARTS) is 1. The summed E-state index contributed by atoms with van der Waals surface area (Å²) in [6, 6.07) is 0.0886. The minimum atomic E-state index is -0.878. The number of carbonyl (C=O) groups excluding carboxylic acids is 2. The average Bonchev–Trinajstić information content (AvgIpc) is 2.69. The Kier molecular flexibility index (Phi) is 12.6. The zero-order chi connectivity index (χ0) is 23.4. The molecule has 0 aromatic rings. The summed E-state index contributed by atoms with van der Waals surface area (Å²) < 4.78 is 10.7. The molecular weight excluding hydrogens is 398 g/mol. The molecule has 1 saturated carbocycles. The third-order valence-electron chi connectivity index (χ3n) is 5.98. The van der Waals surface area contributed by atoms with E-state index in [1.165, 1.54) is 6.42 Å². The molecule has 180 valence electrons. The normalized spacial score (nSPS) is 20.9. The lowest BCUT2D eigenvalue weighted by molar-refractivity contribution is -0.178. The highest BCUT2D eigenvalue weighted by Gasteiger charge is 2.27. The van der Waals surface area contributed by atoms with Crippen LogP contribution in [0.3, 0.4) is 0 Å². The van der Waals surface area contributed by atoms with Crippen molar-refractivity contribution in [1.29, 1.82) is 0 Å². The summed E-state index contributed by atoms with van der Waals surface area (Å²) in [4.78, 5) is 34.8. The molecule has 31 heavy (non-hydrogen) atoms. The van der Waals surface area contributed by atoms with Crippen LogP contribution in [0.4, 0.5) is 4.79 Å². The molecule has 0 bridgehead atoms. The first-order valence-electron chi connectivity index (χ1n) is 12.0. The van der Waals surface area contributed by atoms with Crippen molar-refractivity contribution in [1.82, 2.24) is 5.32 Å². The van der Waals surface area contributed by atoms with Gasteiger partial charge in [-0.05, 0) is 31.1 Å². The number of esters is 1. The van der Waals surface area contributed by atoms with Crippen LogP contribution < -0.4 is 5.32 Å². The molecule has 0 radical (unpaired) electrons. The van der Waals surface area contributed by atoms with Gasteiger partial charge in [0, 0.05) is 18.4 Å². The van der Waals surface area contributed by atoms with Crippen molar-refractivity contribution in [2.24, 2.45) is 23.7 Å². The van der Waals surface area contributed by atoms with Gasteiger partial charge in [-0.1, -0.05) is 73.1 Å². The second-order valence-electron chi connectivity index (χ2n) is 9.81. The number of carbonyl (C=O) groups is 3. The summed E-state index contributed by atoms with van der Waals surface area (Å²) in [6.07, 6.45) is 8.05. The maximum absolute atomic E-state index is 12.4. The van der Waals surface area contributed by atoms with Gasteiger partial charge in [-0.3, -0.25) is 9.59 Å². The second kappa shape index (κ2) is 14.3. The quantitative estimate of drug-likeness (QED) is 0.222. The molecule has 1 rings (SSSR count). The van der Waals surface area contributed by atoms with E-state index >= 15 is 0 Å². The maximum atomic E-state index is 12.4. The number of aliphatic carboxylic acids is 1. The summed E-state index contributed by atoms with van der Waals surface area (Å²) in [5.74, 6) is -0.308. The summed E-state index contributed by atoms with van der Waals surface area (Å²) in [7, 11) is 0. The molecular formula is C24H43NO6. The van der Waals surface area contributed by atoms with Crippen molar-refractivity contribution < 1.29 is 29.0 Å². The number of ether oxygens (including phenoxy) is 2. The molecule has 1 amide bonds. The minimum Gasteiger partial charge on any atom is -0.481 e. The predicted octanol–water partition coefficient (Wildman–Crippen LogP) is 5.51. The molecule has 1 fully saturated rings. The zero-order valence-electron chi connectivity index (χ0n) is 20.0. The van der Waals surface area contributed by atoms with Crippen molar-refractivity contribution >= 4 is 18.0 Å². The summed E-state index contributed by atoms with van der Waals surface area (Å²) in [5.41, 5.74) is 0. The van der Waals surface area contributed by atoms with E-state index in [1.807, 2.05) is 13.8 Å². The molecule has 0 spiro atoms. The summed E-state index contributed by atoms with van der Waals surface area (Å²) in [6.45, 7) is 9.44. The molecule has 1 aliphatic rings. The lowest BCUT2D eigenvalue weighted by Crippen LogP contribution is -2.42. The molecule has 4 atom stereocenters. The molecule has 1 aliphatic carbocycles. The highest BCUT2D eigenvalue weighted by atomic mass is 16.7. The van der Waals surface area contributed by atoms with Crippen LogP contribution in [0.1, 0.15) is 98.8 Å². The first kappa shape index (κ1) is 27.2. The molecule has 0 saturated heterocycles. The highest BCUT2D eigenvalue weighted by molar-refractivity contribution is 5.72. The molecule has 7 heteroatoms. The van der Waals surface area contributed by atoms with Crippen molar-refractivity contribution in [2.45, 2.75) is 111 Å². The van der Waals surface area contributed by atoms with Gasteiger partial charge in [0.1, 0.15) is 0 Å². The summed E-state index contributed by atoms with van der Waals surface area (Å²) in [5, 5.41) is 11.7. The van der Waals surface area contributed by atoms with E-state index in [0.717, 1.165) is 51.4 Å². The van der Waals surface area contributed by atoms with Gasteiger partial charge < -0.3 is 19.9 Å². The Morgan fingerprint density at radius 1 is 1.00 bits per heavy atom. The van der Waals surface area contributed by atoms with Crippen molar-refractivity contribution in [2.75, 3.05) is 0 Å². The molecule has 0 aromatic carbocycles. The van der Waals surface area contributed by atoms with Crippen LogP contribution in [0.25, 0.3) is 0 Å². The van der Waals surface area contributed by atoms with Crippen LogP contribution in [-0.4, -0.2) is 35.5 Å². The molecule has 0 aromatic heterocycles. The zero-order valence-corrected chi connectivity index (χ0v) is 20.0. The Balaban J connectivity index is 2.36. The van der Waals surface area contributed by atoms with Crippen LogP contribution in [-0.2, 0) is 19.1 Å². The Hall–Kier alpha value is -1.79. The first-order chi connectivity index (χ1) is 14.6. The van der Waals surface area contributed by atoms with Gasteiger partial charge in [-0.2, -0.15) is 0 Å². The van der Waals surface area contributed by atoms with Crippen LogP contribution in [0.2, 0.25) is 0 Å². The monoisotopic (exact) mass is 441 g/mol. The fourth-order valence-corrected chi connectivity index (χ4v) is 3.97. The maximum Gasteiger partial charge on any atom is 0.410 e. The Morgan fingerprint density at radius 2 is 1.71 bits per heavy atom. The number of rotatable bonds is 13. The third-order valence-corrected chi connectivity index (χ3v) is 5.98. The van der Waals surface area contributed by atoms with Gasteiger partial charge >= 0.3 is 18.0 Å².